The van der Waals surface area contributed by atoms with Gasteiger partial charge in [-0.15, -0.1) is 6.42 Å². The number of piperazine rings is 1. The van der Waals surface area contributed by atoms with E-state index in [1.807, 2.05) is 72.8 Å². The highest BCUT2D eigenvalue weighted by Crippen LogP contribution is 2.31. The van der Waals surface area contributed by atoms with E-state index in [1.165, 1.54) is 5.01 Å². The third-order valence-electron chi connectivity index (χ3n) is 8.48. The smallest absolute Gasteiger partial charge is 0.333 e. The van der Waals surface area contributed by atoms with E-state index in [2.05, 4.69) is 16.0 Å². The number of anilines is 1. The average Bonchev–Trinajstić information content (AvgIpc) is 3.40. The molecule has 4 amide bonds. The molecule has 0 bridgehead atoms. The van der Waals surface area contributed by atoms with Gasteiger partial charge >= 0.3 is 6.03 Å². The van der Waals surface area contributed by atoms with Crippen molar-refractivity contribution in [2.45, 2.75) is 31.7 Å². The van der Waals surface area contributed by atoms with Gasteiger partial charge in [0.15, 0.2) is 0 Å². The number of hydrazine groups is 1. The van der Waals surface area contributed by atoms with E-state index in [0.717, 1.165) is 27.5 Å². The van der Waals surface area contributed by atoms with Crippen molar-refractivity contribution >= 4 is 45.2 Å². The van der Waals surface area contributed by atoms with Crippen molar-refractivity contribution in [3.63, 3.8) is 0 Å². The number of thiol groups is 1. The number of benzene rings is 4. The molecule has 0 aromatic heterocycles. The minimum Gasteiger partial charge on any atom is -0.333 e. The molecule has 0 unspecified atom stereocenters. The van der Waals surface area contributed by atoms with Gasteiger partial charge in [0.2, 0.25) is 22.7 Å². The molecule has 240 valence electrons. The summed E-state index contributed by atoms with van der Waals surface area (Å²) in [7, 11) is -2.82. The van der Waals surface area contributed by atoms with E-state index >= 15 is 0 Å². The van der Waals surface area contributed by atoms with Gasteiger partial charge in [-0.05, 0) is 39.6 Å². The van der Waals surface area contributed by atoms with Crippen molar-refractivity contribution in [1.82, 2.24) is 25.1 Å². The average molecular weight is 651 g/mol. The summed E-state index contributed by atoms with van der Waals surface area (Å²) in [5.41, 5.74) is 3.01. The number of nitrogens with one attached hydrogen (secondary N) is 2. The summed E-state index contributed by atoms with van der Waals surface area (Å²) in [6, 6.07) is 28.8. The molecule has 47 heavy (non-hydrogen) atoms. The number of hydrogen-bond acceptors (Lipinski definition) is 6. The summed E-state index contributed by atoms with van der Waals surface area (Å²) < 4.78 is 24.6. The van der Waals surface area contributed by atoms with Crippen LogP contribution in [-0.4, -0.2) is 77.9 Å². The summed E-state index contributed by atoms with van der Waals surface area (Å²) in [5, 5.41) is 8.02. The fraction of sp³-hybridized carbons (Fsp3) is 0.229. The number of nitrogens with zero attached hydrogens (tertiary/aromatic N) is 4. The fourth-order valence-corrected chi connectivity index (χ4v) is 6.66. The summed E-state index contributed by atoms with van der Waals surface area (Å²) in [6.45, 7) is 0.540. The van der Waals surface area contributed by atoms with E-state index < -0.39 is 29.1 Å². The zero-order valence-electron chi connectivity index (χ0n) is 25.5. The van der Waals surface area contributed by atoms with Crippen molar-refractivity contribution in [2.24, 2.45) is 0 Å². The van der Waals surface area contributed by atoms with E-state index in [4.69, 9.17) is 6.42 Å². The highest BCUT2D eigenvalue weighted by Gasteiger charge is 2.52. The lowest BCUT2D eigenvalue weighted by Crippen LogP contribution is -2.66. The van der Waals surface area contributed by atoms with E-state index in [0.29, 0.717) is 12.2 Å². The number of fused-ring (bicyclic) bond motifs is 2. The zero-order chi connectivity index (χ0) is 32.9. The Hall–Kier alpha value is -5.38. The Kier molecular flexibility index (Phi) is 9.37. The summed E-state index contributed by atoms with van der Waals surface area (Å²) in [5.74, 6) is 2.04. The minimum absolute atomic E-state index is 0.0728. The van der Waals surface area contributed by atoms with Gasteiger partial charge in [0, 0.05) is 25.2 Å². The van der Waals surface area contributed by atoms with Gasteiger partial charge in [-0.1, -0.05) is 90.8 Å². The van der Waals surface area contributed by atoms with Crippen molar-refractivity contribution in [3.05, 3.63) is 114 Å². The molecular formula is C35H34N6O5S. The Morgan fingerprint density at radius 2 is 1.64 bits per heavy atom. The minimum atomic E-state index is -2.82. The van der Waals surface area contributed by atoms with Gasteiger partial charge in [-0.2, -0.15) is 5.01 Å². The van der Waals surface area contributed by atoms with Crippen LogP contribution in [0, 0.1) is 12.3 Å². The molecule has 0 saturated carbocycles. The first-order valence-corrected chi connectivity index (χ1v) is 16.4. The highest BCUT2D eigenvalue weighted by atomic mass is 32.2. The Morgan fingerprint density at radius 1 is 0.915 bits per heavy atom. The summed E-state index contributed by atoms with van der Waals surface area (Å²) >= 11 is 0. The van der Waals surface area contributed by atoms with Crippen LogP contribution in [0.1, 0.15) is 16.7 Å². The standard InChI is InChI=1S/C35H34N6O5S/c1-2-19-39(35(44)36-21-26-9-4-3-5-10-26)40-24-33(42)41-31(20-25-15-17-29(18-16-25)37-47(45)46)34(43)38(23-32(40)41)22-28-13-8-12-27-11-6-7-14-30(27)28/h1,3-18,31-32,47H,19-24H2,(H,36,44)(H,37,45,46)/t31-,32+/m0/s1. The van der Waals surface area contributed by atoms with Gasteiger partial charge in [-0.25, -0.2) is 18.2 Å². The predicted molar refractivity (Wildman–Crippen MR) is 179 cm³/mol. The molecule has 12 heteroatoms. The third-order valence-corrected chi connectivity index (χ3v) is 8.92. The molecule has 2 aliphatic heterocycles. The molecule has 0 aliphatic carbocycles. The van der Waals surface area contributed by atoms with Crippen molar-refractivity contribution in [1.29, 1.82) is 0 Å². The molecular weight excluding hydrogens is 616 g/mol. The Balaban J connectivity index is 1.32. The van der Waals surface area contributed by atoms with E-state index in [-0.39, 0.29) is 44.4 Å². The zero-order valence-corrected chi connectivity index (χ0v) is 26.4. The Bertz CT molecular complexity index is 1900. The highest BCUT2D eigenvalue weighted by molar-refractivity contribution is 7.73. The van der Waals surface area contributed by atoms with Crippen molar-refractivity contribution in [2.75, 3.05) is 24.4 Å². The molecule has 2 atom stereocenters. The van der Waals surface area contributed by atoms with Gasteiger partial charge in [-0.3, -0.25) is 14.3 Å². The first-order chi connectivity index (χ1) is 22.8. The van der Waals surface area contributed by atoms with Gasteiger partial charge in [0.1, 0.15) is 12.2 Å². The van der Waals surface area contributed by atoms with Gasteiger partial charge in [0.25, 0.3) is 0 Å². The number of carbonyl (C=O) groups is 3. The molecule has 4 aromatic rings. The fourth-order valence-electron chi connectivity index (χ4n) is 6.30. The quantitative estimate of drug-likeness (QED) is 0.179. The van der Waals surface area contributed by atoms with Crippen LogP contribution in [0.2, 0.25) is 0 Å². The van der Waals surface area contributed by atoms with Gasteiger partial charge < -0.3 is 15.1 Å². The predicted octanol–water partition coefficient (Wildman–Crippen LogP) is 2.96. The number of amides is 4. The van der Waals surface area contributed by atoms with Crippen LogP contribution in [0.5, 0.6) is 0 Å². The second-order valence-electron chi connectivity index (χ2n) is 11.4. The van der Waals surface area contributed by atoms with Crippen LogP contribution in [0.25, 0.3) is 10.8 Å². The first-order valence-electron chi connectivity index (χ1n) is 15.2. The molecule has 2 N–H and O–H groups in total. The molecule has 2 aliphatic rings. The van der Waals surface area contributed by atoms with Crippen molar-refractivity contribution < 1.29 is 22.8 Å². The van der Waals surface area contributed by atoms with Crippen molar-refractivity contribution in [3.8, 4) is 12.3 Å². The molecule has 0 spiro atoms. The van der Waals surface area contributed by atoms with Crippen LogP contribution < -0.4 is 10.0 Å². The van der Waals surface area contributed by atoms with E-state index in [9.17, 15) is 22.8 Å². The molecule has 6 rings (SSSR count). The van der Waals surface area contributed by atoms with E-state index in [1.54, 1.807) is 39.1 Å². The maximum absolute atomic E-state index is 14.3. The second kappa shape index (κ2) is 13.9. The van der Waals surface area contributed by atoms with Crippen LogP contribution in [0.3, 0.4) is 0 Å². The van der Waals surface area contributed by atoms with Crippen LogP contribution in [0.4, 0.5) is 10.5 Å². The van der Waals surface area contributed by atoms with Crippen LogP contribution in [-0.2, 0) is 40.0 Å². The lowest BCUT2D eigenvalue weighted by Gasteiger charge is -2.46. The molecule has 0 radical (unpaired) electrons. The molecule has 11 nitrogen and oxygen atoms in total. The number of terminal acetylenes is 1. The first kappa shape index (κ1) is 31.6. The maximum atomic E-state index is 14.3. The summed E-state index contributed by atoms with van der Waals surface area (Å²) in [6.07, 6.45) is 5.26. The number of rotatable bonds is 10. The second-order valence-corrected chi connectivity index (χ2v) is 12.2. The van der Waals surface area contributed by atoms with Gasteiger partial charge in [0.05, 0.1) is 19.6 Å². The monoisotopic (exact) mass is 650 g/mol. The third kappa shape index (κ3) is 6.91. The topological polar surface area (TPSA) is 122 Å². The normalized spacial score (nSPS) is 17.9. The lowest BCUT2D eigenvalue weighted by molar-refractivity contribution is -0.157. The maximum Gasteiger partial charge on any atom is 0.333 e. The Labute approximate surface area is 274 Å². The molecule has 4 aromatic carbocycles. The van der Waals surface area contributed by atoms with Crippen LogP contribution in [0.15, 0.2) is 97.1 Å². The SMILES string of the molecule is C#CCN(C(=O)NCc1ccccc1)N1CC(=O)N2[C@@H](Cc3ccc(N[SH](=O)=O)cc3)C(=O)N(Cc3cccc4ccccc34)C[C@@H]21. The largest absolute Gasteiger partial charge is 0.333 e. The summed E-state index contributed by atoms with van der Waals surface area (Å²) in [4.78, 5) is 44.8. The molecule has 2 saturated heterocycles. The van der Waals surface area contributed by atoms with Crippen LogP contribution >= 0.6 is 0 Å². The Morgan fingerprint density at radius 3 is 2.38 bits per heavy atom. The lowest BCUT2D eigenvalue weighted by atomic mass is 9.99. The molecule has 2 fully saturated rings. The number of hydrogen-bond donors (Lipinski definition) is 3. The number of urea groups is 1. The number of carbonyl (C=O) groups excluding carboxylic acids is 3. The molecule has 2 heterocycles.